The van der Waals surface area contributed by atoms with Crippen LogP contribution in [0.15, 0.2) is 18.2 Å². The summed E-state index contributed by atoms with van der Waals surface area (Å²) >= 11 is 10.9. The lowest BCUT2D eigenvalue weighted by molar-refractivity contribution is -0.130. The minimum atomic E-state index is 0.105. The van der Waals surface area contributed by atoms with Gasteiger partial charge in [0.05, 0.1) is 6.54 Å². The highest BCUT2D eigenvalue weighted by Crippen LogP contribution is 2.20. The predicted octanol–water partition coefficient (Wildman–Crippen LogP) is 2.40. The molecule has 1 aliphatic rings. The molecule has 1 saturated heterocycles. The molecule has 20 heavy (non-hydrogen) atoms. The quantitative estimate of drug-likeness (QED) is 0.838. The lowest BCUT2D eigenvalue weighted by atomic mass is 10.1. The highest BCUT2D eigenvalue weighted by Gasteiger charge is 2.16. The number of carbonyl (C=O) groups is 1. The van der Waals surface area contributed by atoms with Crippen molar-refractivity contribution >= 4 is 40.4 Å². The first-order valence-electron chi connectivity index (χ1n) is 6.69. The number of piperidine rings is 1. The van der Waals surface area contributed by atoms with Gasteiger partial charge in [-0.3, -0.25) is 4.79 Å². The van der Waals surface area contributed by atoms with Gasteiger partial charge in [-0.25, -0.2) is 0 Å². The van der Waals surface area contributed by atoms with Gasteiger partial charge in [0.2, 0.25) is 5.91 Å². The fraction of sp³-hybridized carbons (Fsp3) is 0.429. The molecule has 1 aromatic rings. The number of likely N-dealkylation sites (tertiary alicyclic amines) is 1. The van der Waals surface area contributed by atoms with Gasteiger partial charge in [0, 0.05) is 29.4 Å². The Labute approximate surface area is 129 Å². The number of rotatable bonds is 4. The van der Waals surface area contributed by atoms with Crippen molar-refractivity contribution in [3.8, 4) is 0 Å². The van der Waals surface area contributed by atoms with Crippen LogP contribution < -0.4 is 11.1 Å². The predicted molar refractivity (Wildman–Crippen MR) is 86.3 cm³/mol. The van der Waals surface area contributed by atoms with Crippen LogP contribution in [0.5, 0.6) is 0 Å². The minimum absolute atomic E-state index is 0.105. The lowest BCUT2D eigenvalue weighted by Crippen LogP contribution is -2.39. The van der Waals surface area contributed by atoms with Crippen LogP contribution in [0.4, 0.5) is 5.69 Å². The molecule has 0 aromatic heterocycles. The number of carbonyl (C=O) groups excluding carboxylic acids is 1. The second-order valence-electron chi connectivity index (χ2n) is 4.85. The van der Waals surface area contributed by atoms with E-state index in [2.05, 4.69) is 5.32 Å². The number of halogens is 1. The van der Waals surface area contributed by atoms with E-state index in [9.17, 15) is 4.79 Å². The molecule has 1 aromatic carbocycles. The molecule has 0 aliphatic carbocycles. The maximum Gasteiger partial charge on any atom is 0.241 e. The average Bonchev–Trinajstić information content (AvgIpc) is 2.46. The van der Waals surface area contributed by atoms with E-state index < -0.39 is 0 Å². The van der Waals surface area contributed by atoms with Gasteiger partial charge in [-0.15, -0.1) is 0 Å². The van der Waals surface area contributed by atoms with Crippen LogP contribution in [0.2, 0.25) is 5.02 Å². The number of benzene rings is 1. The molecule has 0 saturated carbocycles. The summed E-state index contributed by atoms with van der Waals surface area (Å²) in [4.78, 5) is 14.3. The van der Waals surface area contributed by atoms with E-state index in [0.717, 1.165) is 31.6 Å². The Morgan fingerprint density at radius 1 is 1.35 bits per heavy atom. The lowest BCUT2D eigenvalue weighted by Gasteiger charge is -2.27. The van der Waals surface area contributed by atoms with Gasteiger partial charge in [-0.2, -0.15) is 0 Å². The van der Waals surface area contributed by atoms with Crippen molar-refractivity contribution in [1.29, 1.82) is 0 Å². The number of anilines is 1. The molecular weight excluding hydrogens is 294 g/mol. The molecule has 4 nitrogen and oxygen atoms in total. The minimum Gasteiger partial charge on any atom is -0.389 e. The van der Waals surface area contributed by atoms with E-state index in [1.807, 2.05) is 4.90 Å². The molecule has 0 spiro atoms. The average molecular weight is 312 g/mol. The normalized spacial score (nSPS) is 14.9. The van der Waals surface area contributed by atoms with Crippen molar-refractivity contribution in [3.05, 3.63) is 28.8 Å². The number of nitrogens with one attached hydrogen (secondary N) is 1. The van der Waals surface area contributed by atoms with E-state index >= 15 is 0 Å². The van der Waals surface area contributed by atoms with Crippen LogP contribution in [-0.4, -0.2) is 35.4 Å². The van der Waals surface area contributed by atoms with Gasteiger partial charge >= 0.3 is 0 Å². The van der Waals surface area contributed by atoms with E-state index in [0.29, 0.717) is 10.6 Å². The van der Waals surface area contributed by atoms with Crippen molar-refractivity contribution in [2.45, 2.75) is 19.3 Å². The van der Waals surface area contributed by atoms with E-state index in [1.165, 1.54) is 6.42 Å². The third-order valence-electron chi connectivity index (χ3n) is 3.39. The highest BCUT2D eigenvalue weighted by atomic mass is 35.5. The first-order valence-corrected chi connectivity index (χ1v) is 7.47. The molecular formula is C14H18ClN3OS. The van der Waals surface area contributed by atoms with Crippen molar-refractivity contribution in [2.75, 3.05) is 25.0 Å². The topological polar surface area (TPSA) is 58.4 Å². The molecule has 0 radical (unpaired) electrons. The molecule has 1 fully saturated rings. The first kappa shape index (κ1) is 15.1. The molecule has 6 heteroatoms. The number of amides is 1. The molecule has 108 valence electrons. The zero-order valence-corrected chi connectivity index (χ0v) is 12.8. The highest BCUT2D eigenvalue weighted by molar-refractivity contribution is 7.80. The van der Waals surface area contributed by atoms with Crippen LogP contribution >= 0.6 is 23.8 Å². The Kier molecular flexibility index (Phi) is 5.20. The maximum atomic E-state index is 12.1. The third kappa shape index (κ3) is 3.84. The van der Waals surface area contributed by atoms with Crippen LogP contribution in [0.3, 0.4) is 0 Å². The summed E-state index contributed by atoms with van der Waals surface area (Å²) in [6.45, 7) is 1.95. The van der Waals surface area contributed by atoms with Crippen molar-refractivity contribution in [3.63, 3.8) is 0 Å². The Morgan fingerprint density at radius 3 is 2.70 bits per heavy atom. The summed E-state index contributed by atoms with van der Waals surface area (Å²) < 4.78 is 0. The third-order valence-corrected chi connectivity index (χ3v) is 3.84. The van der Waals surface area contributed by atoms with Crippen molar-refractivity contribution < 1.29 is 4.79 Å². The molecule has 1 aliphatic heterocycles. The van der Waals surface area contributed by atoms with E-state index in [-0.39, 0.29) is 17.4 Å². The van der Waals surface area contributed by atoms with Crippen molar-refractivity contribution in [1.82, 2.24) is 4.90 Å². The molecule has 2 rings (SSSR count). The summed E-state index contributed by atoms with van der Waals surface area (Å²) in [5.41, 5.74) is 7.08. The van der Waals surface area contributed by atoms with Crippen LogP contribution in [0.1, 0.15) is 24.8 Å². The summed E-state index contributed by atoms with van der Waals surface area (Å²) in [5.74, 6) is 0.105. The van der Waals surface area contributed by atoms with Crippen LogP contribution in [0, 0.1) is 0 Å². The first-order chi connectivity index (χ1) is 9.58. The Balaban J connectivity index is 1.99. The van der Waals surface area contributed by atoms with Gasteiger partial charge in [-0.05, 0) is 37.5 Å². The van der Waals surface area contributed by atoms with Crippen LogP contribution in [-0.2, 0) is 4.79 Å². The van der Waals surface area contributed by atoms with Gasteiger partial charge in [-0.1, -0.05) is 23.8 Å². The fourth-order valence-corrected chi connectivity index (χ4v) is 2.64. The standard InChI is InChI=1S/C14H18ClN3OS/c15-10-4-5-12(11(8-10)14(16)20)17-9-13(19)18-6-2-1-3-7-18/h4-5,8,17H,1-3,6-7,9H2,(H2,16,20). The maximum absolute atomic E-state index is 12.1. The van der Waals surface area contributed by atoms with Gasteiger partial charge in [0.1, 0.15) is 4.99 Å². The van der Waals surface area contributed by atoms with E-state index in [1.54, 1.807) is 18.2 Å². The smallest absolute Gasteiger partial charge is 0.241 e. The monoisotopic (exact) mass is 311 g/mol. The zero-order valence-electron chi connectivity index (χ0n) is 11.2. The summed E-state index contributed by atoms with van der Waals surface area (Å²) in [5, 5.41) is 3.67. The summed E-state index contributed by atoms with van der Waals surface area (Å²) in [6.07, 6.45) is 3.38. The number of hydrogen-bond acceptors (Lipinski definition) is 3. The van der Waals surface area contributed by atoms with Gasteiger partial charge < -0.3 is 16.0 Å². The second-order valence-corrected chi connectivity index (χ2v) is 5.73. The Hall–Kier alpha value is -1.33. The van der Waals surface area contributed by atoms with E-state index in [4.69, 9.17) is 29.6 Å². The molecule has 1 heterocycles. The molecule has 1 amide bonds. The second kappa shape index (κ2) is 6.90. The Bertz CT molecular complexity index is 515. The Morgan fingerprint density at radius 2 is 2.05 bits per heavy atom. The van der Waals surface area contributed by atoms with Gasteiger partial charge in [0.25, 0.3) is 0 Å². The number of nitrogens with two attached hydrogens (primary N) is 1. The van der Waals surface area contributed by atoms with Gasteiger partial charge in [0.15, 0.2) is 0 Å². The molecule has 0 bridgehead atoms. The number of thiocarbonyl (C=S) groups is 1. The summed E-state index contributed by atoms with van der Waals surface area (Å²) in [7, 11) is 0. The van der Waals surface area contributed by atoms with Crippen molar-refractivity contribution in [2.24, 2.45) is 5.73 Å². The SMILES string of the molecule is NC(=S)c1cc(Cl)ccc1NCC(=O)N1CCCCC1. The molecule has 0 unspecified atom stereocenters. The number of hydrogen-bond donors (Lipinski definition) is 2. The fourth-order valence-electron chi connectivity index (χ4n) is 2.30. The summed E-state index contributed by atoms with van der Waals surface area (Å²) in [6, 6.07) is 5.24. The zero-order chi connectivity index (χ0) is 14.5. The largest absolute Gasteiger partial charge is 0.389 e. The van der Waals surface area contributed by atoms with Crippen LogP contribution in [0.25, 0.3) is 0 Å². The molecule has 3 N–H and O–H groups in total. The number of nitrogens with zero attached hydrogens (tertiary/aromatic N) is 1. The molecule has 0 atom stereocenters.